The van der Waals surface area contributed by atoms with Crippen LogP contribution in [-0.4, -0.2) is 80.4 Å². The highest BCUT2D eigenvalue weighted by Gasteiger charge is 2.10. The molecule has 1 aromatic heterocycles. The number of anilines is 1. The number of rotatable bonds is 12. The number of nitrogens with zero attached hydrogens (tertiary/aromatic N) is 2. The van der Waals surface area contributed by atoms with Crippen molar-refractivity contribution in [1.29, 1.82) is 0 Å². The molecule has 1 saturated heterocycles. The van der Waals surface area contributed by atoms with E-state index in [0.717, 1.165) is 36.6 Å². The number of benzene rings is 2. The van der Waals surface area contributed by atoms with Crippen LogP contribution in [0.1, 0.15) is 31.2 Å². The predicted octanol–water partition coefficient (Wildman–Crippen LogP) is 4.53. The minimum absolute atomic E-state index is 0.558. The Kier molecular flexibility index (Phi) is 15.7. The summed E-state index contributed by atoms with van der Waals surface area (Å²) in [5.41, 5.74) is 2.37. The average Bonchev–Trinajstić information content (AvgIpc) is 3.00. The molecule has 0 amide bonds. The smallest absolute Gasteiger partial charge is 0.328 e. The van der Waals surface area contributed by atoms with Gasteiger partial charge in [-0.1, -0.05) is 36.8 Å². The summed E-state index contributed by atoms with van der Waals surface area (Å²) in [7, 11) is 0. The zero-order chi connectivity index (χ0) is 32.2. The fourth-order valence-corrected chi connectivity index (χ4v) is 4.04. The van der Waals surface area contributed by atoms with Crippen LogP contribution in [-0.2, 0) is 25.7 Å². The highest BCUT2D eigenvalue weighted by molar-refractivity contribution is 5.90. The fraction of sp³-hybridized carbons (Fsp3) is 0.281. The van der Waals surface area contributed by atoms with Gasteiger partial charge in [0.15, 0.2) is 0 Å². The number of fused-ring (bicyclic) bond motifs is 1. The maximum Gasteiger partial charge on any atom is 0.328 e. The molecular weight excluding hydrogens is 570 g/mol. The Morgan fingerprint density at radius 3 is 2.00 bits per heavy atom. The van der Waals surface area contributed by atoms with Crippen molar-refractivity contribution in [3.05, 3.63) is 90.5 Å². The molecule has 2 heterocycles. The van der Waals surface area contributed by atoms with Gasteiger partial charge in [-0.25, -0.2) is 24.2 Å². The number of piperidine rings is 1. The average molecular weight is 608 g/mol. The van der Waals surface area contributed by atoms with Gasteiger partial charge in [0.2, 0.25) is 0 Å². The molecule has 0 spiro atoms. The summed E-state index contributed by atoms with van der Waals surface area (Å²) in [5, 5.41) is 35.8. The molecule has 2 aromatic carbocycles. The lowest BCUT2D eigenvalue weighted by Gasteiger charge is -2.26. The van der Waals surface area contributed by atoms with E-state index in [4.69, 9.17) is 25.2 Å². The van der Waals surface area contributed by atoms with Crippen LogP contribution in [0.2, 0.25) is 0 Å². The molecule has 4 rings (SSSR count). The van der Waals surface area contributed by atoms with Crippen LogP contribution in [0.3, 0.4) is 0 Å². The maximum atomic E-state index is 9.55. The van der Waals surface area contributed by atoms with Crippen LogP contribution in [0.15, 0.2) is 85.0 Å². The Labute approximate surface area is 254 Å². The molecule has 0 saturated carbocycles. The first-order valence-electron chi connectivity index (χ1n) is 13.9. The van der Waals surface area contributed by atoms with E-state index < -0.39 is 23.9 Å². The molecule has 0 atom stereocenters. The minimum atomic E-state index is -1.26. The van der Waals surface area contributed by atoms with Crippen LogP contribution < -0.4 is 10.1 Å². The Balaban J connectivity index is 0.000000349. The number of pyridine rings is 1. The zero-order valence-electron chi connectivity index (χ0n) is 24.2. The molecule has 1 aliphatic rings. The van der Waals surface area contributed by atoms with Gasteiger partial charge in [-0.2, -0.15) is 0 Å². The number of carboxylic acid groups (broad SMARTS) is 4. The van der Waals surface area contributed by atoms with Gasteiger partial charge in [0.05, 0.1) is 12.1 Å². The molecule has 0 unspecified atom stereocenters. The molecule has 12 nitrogen and oxygen atoms in total. The standard InChI is InChI=1S/C24H29N3O.2C4H4O4/c1-4-15-27(16-5-1)19-20-8-6-10-22(18-20)28-17-7-14-25-24-13-12-21-9-2-3-11-23(21)26-24;2*5-3(6)1-2-4(7)8/h2-3,6,8-13,18H,1,4-5,7,14-17,19H2,(H,25,26);2*1-2H,(H,5,6)(H,7,8)/b;2*2-1-. The highest BCUT2D eigenvalue weighted by Crippen LogP contribution is 2.18. The number of likely N-dealkylation sites (tertiary alicyclic amines) is 1. The van der Waals surface area contributed by atoms with Gasteiger partial charge in [-0.15, -0.1) is 0 Å². The molecule has 5 N–H and O–H groups in total. The van der Waals surface area contributed by atoms with Crippen LogP contribution in [0.25, 0.3) is 10.9 Å². The van der Waals surface area contributed by atoms with Gasteiger partial charge >= 0.3 is 23.9 Å². The van der Waals surface area contributed by atoms with Crippen molar-refractivity contribution in [3.63, 3.8) is 0 Å². The van der Waals surface area contributed by atoms with Gasteiger partial charge in [-0.3, -0.25) is 4.90 Å². The van der Waals surface area contributed by atoms with E-state index in [9.17, 15) is 19.2 Å². The molecule has 44 heavy (non-hydrogen) atoms. The molecule has 1 aliphatic heterocycles. The van der Waals surface area contributed by atoms with E-state index in [1.165, 1.54) is 43.3 Å². The first kappa shape index (κ1) is 35.0. The van der Waals surface area contributed by atoms with Crippen molar-refractivity contribution in [2.75, 3.05) is 31.6 Å². The molecular formula is C32H37N3O9. The van der Waals surface area contributed by atoms with E-state index in [0.29, 0.717) is 30.9 Å². The van der Waals surface area contributed by atoms with E-state index in [2.05, 4.69) is 51.6 Å². The molecule has 12 heteroatoms. The number of hydrogen-bond acceptors (Lipinski definition) is 8. The number of aliphatic carboxylic acids is 4. The van der Waals surface area contributed by atoms with Crippen LogP contribution in [0.4, 0.5) is 5.82 Å². The Bertz CT molecular complexity index is 1370. The minimum Gasteiger partial charge on any atom is -0.494 e. The van der Waals surface area contributed by atoms with Crippen molar-refractivity contribution >= 4 is 40.6 Å². The summed E-state index contributed by atoms with van der Waals surface area (Å²) >= 11 is 0. The molecule has 0 bridgehead atoms. The van der Waals surface area contributed by atoms with E-state index >= 15 is 0 Å². The SMILES string of the molecule is O=C(O)/C=C\C(=O)O.O=C(O)/C=C\C(=O)O.c1cc(CN2CCCCC2)cc(OCCCNc2ccc3ccccc3n2)c1. The number of para-hydroxylation sites is 1. The first-order chi connectivity index (χ1) is 21.1. The zero-order valence-corrected chi connectivity index (χ0v) is 24.2. The van der Waals surface area contributed by atoms with Crippen molar-refractivity contribution in [2.24, 2.45) is 0 Å². The third-order valence-electron chi connectivity index (χ3n) is 5.98. The Hall–Kier alpha value is -5.23. The predicted molar refractivity (Wildman–Crippen MR) is 165 cm³/mol. The summed E-state index contributed by atoms with van der Waals surface area (Å²) in [5.74, 6) is -3.14. The Morgan fingerprint density at radius 1 is 0.773 bits per heavy atom. The van der Waals surface area contributed by atoms with E-state index in [1.54, 1.807) is 0 Å². The van der Waals surface area contributed by atoms with Gasteiger partial charge in [-0.05, 0) is 68.2 Å². The van der Waals surface area contributed by atoms with Gasteiger partial charge in [0.25, 0.3) is 0 Å². The number of carbonyl (C=O) groups is 4. The van der Waals surface area contributed by atoms with Gasteiger partial charge in [0.1, 0.15) is 11.6 Å². The maximum absolute atomic E-state index is 9.55. The lowest BCUT2D eigenvalue weighted by Crippen LogP contribution is -2.29. The lowest BCUT2D eigenvalue weighted by molar-refractivity contribution is -0.134. The van der Waals surface area contributed by atoms with Crippen LogP contribution >= 0.6 is 0 Å². The second-order valence-electron chi connectivity index (χ2n) is 9.52. The third kappa shape index (κ3) is 15.7. The molecule has 0 radical (unpaired) electrons. The largest absolute Gasteiger partial charge is 0.494 e. The second-order valence-corrected chi connectivity index (χ2v) is 9.52. The summed E-state index contributed by atoms with van der Waals surface area (Å²) in [6, 6.07) is 20.9. The number of hydrogen-bond donors (Lipinski definition) is 5. The summed E-state index contributed by atoms with van der Waals surface area (Å²) in [6.07, 6.45) is 7.20. The van der Waals surface area contributed by atoms with E-state index in [-0.39, 0.29) is 0 Å². The fourth-order valence-electron chi connectivity index (χ4n) is 4.04. The van der Waals surface area contributed by atoms with Gasteiger partial charge < -0.3 is 30.5 Å². The molecule has 3 aromatic rings. The number of aromatic nitrogens is 1. The van der Waals surface area contributed by atoms with Crippen LogP contribution in [0.5, 0.6) is 5.75 Å². The molecule has 234 valence electrons. The van der Waals surface area contributed by atoms with Crippen molar-refractivity contribution in [3.8, 4) is 5.75 Å². The number of carboxylic acids is 4. The quantitative estimate of drug-likeness (QED) is 0.143. The monoisotopic (exact) mass is 607 g/mol. The summed E-state index contributed by atoms with van der Waals surface area (Å²) in [4.78, 5) is 45.4. The number of ether oxygens (including phenoxy) is 1. The van der Waals surface area contributed by atoms with Crippen LogP contribution in [0, 0.1) is 0 Å². The van der Waals surface area contributed by atoms with E-state index in [1.807, 2.05) is 24.3 Å². The van der Waals surface area contributed by atoms with Crippen molar-refractivity contribution in [1.82, 2.24) is 9.88 Å². The highest BCUT2D eigenvalue weighted by atomic mass is 16.5. The summed E-state index contributed by atoms with van der Waals surface area (Å²) in [6.45, 7) is 5.03. The third-order valence-corrected chi connectivity index (χ3v) is 5.98. The topological polar surface area (TPSA) is 187 Å². The van der Waals surface area contributed by atoms with Crippen molar-refractivity contribution < 1.29 is 44.3 Å². The lowest BCUT2D eigenvalue weighted by atomic mass is 10.1. The summed E-state index contributed by atoms with van der Waals surface area (Å²) < 4.78 is 5.97. The first-order valence-corrected chi connectivity index (χ1v) is 13.9. The molecule has 0 aliphatic carbocycles. The normalized spacial score (nSPS) is 12.9. The Morgan fingerprint density at radius 2 is 1.39 bits per heavy atom. The van der Waals surface area contributed by atoms with Gasteiger partial charge in [0, 0.05) is 42.8 Å². The molecule has 1 fully saturated rings. The number of nitrogens with one attached hydrogen (secondary N) is 1. The second kappa shape index (κ2) is 19.8. The van der Waals surface area contributed by atoms with Crippen molar-refractivity contribution in [2.45, 2.75) is 32.2 Å².